The summed E-state index contributed by atoms with van der Waals surface area (Å²) in [6.07, 6.45) is 3.56. The van der Waals surface area contributed by atoms with Gasteiger partial charge in [-0.2, -0.15) is 12.6 Å². The molecule has 0 radical (unpaired) electrons. The van der Waals surface area contributed by atoms with Crippen molar-refractivity contribution in [2.75, 3.05) is 25.2 Å². The fourth-order valence-corrected chi connectivity index (χ4v) is 2.48. The standard InChI is InChI=1S/C9H16O3S2/c1-11-8-3-2-7(6-10)12-9(8)14-5-4-13/h2-3,7-10,13H,4-6H2,1H3/t7-,8-,9-/m0/s1. The van der Waals surface area contributed by atoms with Gasteiger partial charge in [0.05, 0.1) is 6.61 Å². The second-order valence-corrected chi connectivity index (χ2v) is 4.56. The number of hydrogen-bond acceptors (Lipinski definition) is 5. The van der Waals surface area contributed by atoms with Crippen LogP contribution in [-0.2, 0) is 9.47 Å². The third-order valence-corrected chi connectivity index (χ3v) is 3.59. The van der Waals surface area contributed by atoms with Gasteiger partial charge in [-0.3, -0.25) is 0 Å². The summed E-state index contributed by atoms with van der Waals surface area (Å²) >= 11 is 5.80. The molecule has 0 amide bonds. The Morgan fingerprint density at radius 2 is 2.36 bits per heavy atom. The van der Waals surface area contributed by atoms with Gasteiger partial charge < -0.3 is 14.6 Å². The van der Waals surface area contributed by atoms with Crippen LogP contribution in [0.1, 0.15) is 0 Å². The first-order chi connectivity index (χ1) is 6.81. The van der Waals surface area contributed by atoms with Gasteiger partial charge in [0, 0.05) is 12.9 Å². The highest BCUT2D eigenvalue weighted by Crippen LogP contribution is 2.25. The number of aliphatic hydroxyl groups is 1. The van der Waals surface area contributed by atoms with E-state index in [2.05, 4.69) is 12.6 Å². The Morgan fingerprint density at radius 3 is 2.93 bits per heavy atom. The number of hydrogen-bond donors (Lipinski definition) is 2. The Bertz CT molecular complexity index is 187. The molecular weight excluding hydrogens is 220 g/mol. The minimum absolute atomic E-state index is 0.0187. The highest BCUT2D eigenvalue weighted by Gasteiger charge is 2.26. The second kappa shape index (κ2) is 6.74. The van der Waals surface area contributed by atoms with Crippen LogP contribution in [0, 0.1) is 0 Å². The lowest BCUT2D eigenvalue weighted by Gasteiger charge is -2.30. The Kier molecular flexibility index (Phi) is 5.96. The normalized spacial score (nSPS) is 32.1. The van der Waals surface area contributed by atoms with Crippen molar-refractivity contribution in [3.05, 3.63) is 12.2 Å². The van der Waals surface area contributed by atoms with Crippen molar-refractivity contribution in [1.29, 1.82) is 0 Å². The molecule has 3 nitrogen and oxygen atoms in total. The fraction of sp³-hybridized carbons (Fsp3) is 0.778. The molecule has 0 saturated heterocycles. The Hall–Kier alpha value is 0.320. The molecule has 3 atom stereocenters. The minimum atomic E-state index is -0.196. The smallest absolute Gasteiger partial charge is 0.133 e. The van der Waals surface area contributed by atoms with Crippen molar-refractivity contribution < 1.29 is 14.6 Å². The summed E-state index contributed by atoms with van der Waals surface area (Å²) in [5.41, 5.74) is -0.0331. The maximum atomic E-state index is 8.95. The summed E-state index contributed by atoms with van der Waals surface area (Å²) < 4.78 is 10.9. The molecule has 0 bridgehead atoms. The number of thiol groups is 1. The van der Waals surface area contributed by atoms with Crippen molar-refractivity contribution in [3.8, 4) is 0 Å². The molecule has 14 heavy (non-hydrogen) atoms. The summed E-state index contributed by atoms with van der Waals surface area (Å²) in [6, 6.07) is 0. The van der Waals surface area contributed by atoms with Crippen LogP contribution in [0.2, 0.25) is 0 Å². The number of ether oxygens (including phenoxy) is 2. The zero-order valence-electron chi connectivity index (χ0n) is 8.13. The molecule has 1 aliphatic rings. The molecule has 0 saturated carbocycles. The van der Waals surface area contributed by atoms with Crippen molar-refractivity contribution in [2.45, 2.75) is 17.6 Å². The van der Waals surface area contributed by atoms with Gasteiger partial charge >= 0.3 is 0 Å². The average Bonchev–Trinajstić information content (AvgIpc) is 2.25. The highest BCUT2D eigenvalue weighted by molar-refractivity contribution is 8.00. The van der Waals surface area contributed by atoms with E-state index < -0.39 is 0 Å². The van der Waals surface area contributed by atoms with Crippen molar-refractivity contribution in [2.24, 2.45) is 0 Å². The topological polar surface area (TPSA) is 38.7 Å². The van der Waals surface area contributed by atoms with Gasteiger partial charge in [-0.25, -0.2) is 0 Å². The summed E-state index contributed by atoms with van der Waals surface area (Å²) in [5.74, 6) is 1.73. The van der Waals surface area contributed by atoms with Crippen LogP contribution in [0.15, 0.2) is 12.2 Å². The monoisotopic (exact) mass is 236 g/mol. The molecule has 0 aromatic rings. The van der Waals surface area contributed by atoms with Crippen molar-refractivity contribution in [3.63, 3.8) is 0 Å². The largest absolute Gasteiger partial charge is 0.393 e. The molecule has 0 unspecified atom stereocenters. The molecular formula is C9H16O3S2. The fourth-order valence-electron chi connectivity index (χ4n) is 1.22. The molecule has 0 aliphatic carbocycles. The van der Waals surface area contributed by atoms with E-state index in [4.69, 9.17) is 14.6 Å². The van der Waals surface area contributed by atoms with Gasteiger partial charge in [-0.05, 0) is 5.75 Å². The van der Waals surface area contributed by atoms with E-state index in [0.717, 1.165) is 11.5 Å². The van der Waals surface area contributed by atoms with Crippen LogP contribution < -0.4 is 0 Å². The van der Waals surface area contributed by atoms with Crippen LogP contribution in [0.25, 0.3) is 0 Å². The first-order valence-corrected chi connectivity index (χ1v) is 6.19. The van der Waals surface area contributed by atoms with E-state index in [-0.39, 0.29) is 24.3 Å². The van der Waals surface area contributed by atoms with E-state index in [1.54, 1.807) is 18.9 Å². The molecule has 5 heteroatoms. The quantitative estimate of drug-likeness (QED) is 0.550. The predicted octanol–water partition coefficient (Wildman–Crippen LogP) is 0.938. The maximum Gasteiger partial charge on any atom is 0.133 e. The maximum absolute atomic E-state index is 8.95. The van der Waals surface area contributed by atoms with Crippen LogP contribution in [0.3, 0.4) is 0 Å². The molecule has 1 N–H and O–H groups in total. The second-order valence-electron chi connectivity index (χ2n) is 2.91. The van der Waals surface area contributed by atoms with E-state index >= 15 is 0 Å². The Morgan fingerprint density at radius 1 is 1.57 bits per heavy atom. The van der Waals surface area contributed by atoms with E-state index in [9.17, 15) is 0 Å². The van der Waals surface area contributed by atoms with E-state index in [0.29, 0.717) is 0 Å². The molecule has 0 aromatic carbocycles. The molecule has 1 rings (SSSR count). The summed E-state index contributed by atoms with van der Waals surface area (Å²) in [5, 5.41) is 8.95. The third-order valence-electron chi connectivity index (χ3n) is 1.92. The van der Waals surface area contributed by atoms with E-state index in [1.165, 1.54) is 0 Å². The zero-order chi connectivity index (χ0) is 10.4. The number of methoxy groups -OCH3 is 1. The van der Waals surface area contributed by atoms with Crippen LogP contribution in [0.5, 0.6) is 0 Å². The lowest BCUT2D eigenvalue weighted by Crippen LogP contribution is -2.35. The van der Waals surface area contributed by atoms with Gasteiger partial charge in [-0.1, -0.05) is 12.2 Å². The minimum Gasteiger partial charge on any atom is -0.393 e. The third kappa shape index (κ3) is 3.47. The van der Waals surface area contributed by atoms with E-state index in [1.807, 2.05) is 12.2 Å². The summed E-state index contributed by atoms with van der Waals surface area (Å²) in [4.78, 5) is 0. The van der Waals surface area contributed by atoms with Crippen molar-refractivity contribution >= 4 is 24.4 Å². The van der Waals surface area contributed by atoms with Gasteiger partial charge in [0.15, 0.2) is 0 Å². The molecule has 1 aliphatic heterocycles. The van der Waals surface area contributed by atoms with Crippen molar-refractivity contribution in [1.82, 2.24) is 0 Å². The average molecular weight is 236 g/mol. The highest BCUT2D eigenvalue weighted by atomic mass is 32.2. The van der Waals surface area contributed by atoms with Crippen LogP contribution >= 0.6 is 24.4 Å². The molecule has 0 aromatic heterocycles. The summed E-state index contributed by atoms with van der Waals surface area (Å²) in [6.45, 7) is 0.0187. The number of thioether (sulfide) groups is 1. The summed E-state index contributed by atoms with van der Waals surface area (Å²) in [7, 11) is 1.66. The SMILES string of the molecule is CO[C@H]1C=C[C@@H](CO)O[C@H]1SCCS. The Balaban J connectivity index is 2.48. The first-order valence-electron chi connectivity index (χ1n) is 4.51. The van der Waals surface area contributed by atoms with Crippen LogP contribution in [0.4, 0.5) is 0 Å². The van der Waals surface area contributed by atoms with Crippen LogP contribution in [-0.4, -0.2) is 48.0 Å². The zero-order valence-corrected chi connectivity index (χ0v) is 9.84. The molecule has 0 spiro atoms. The van der Waals surface area contributed by atoms with Gasteiger partial charge in [0.25, 0.3) is 0 Å². The number of aliphatic hydroxyl groups excluding tert-OH is 1. The Labute approximate surface area is 94.3 Å². The number of rotatable bonds is 5. The van der Waals surface area contributed by atoms with Gasteiger partial charge in [0.1, 0.15) is 17.6 Å². The van der Waals surface area contributed by atoms with Gasteiger partial charge in [-0.15, -0.1) is 11.8 Å². The van der Waals surface area contributed by atoms with Gasteiger partial charge in [0.2, 0.25) is 0 Å². The predicted molar refractivity (Wildman–Crippen MR) is 62.0 cm³/mol. The molecule has 82 valence electrons. The lowest BCUT2D eigenvalue weighted by atomic mass is 10.2. The lowest BCUT2D eigenvalue weighted by molar-refractivity contribution is -0.0406. The first kappa shape index (κ1) is 12.4. The molecule has 0 fully saturated rings. The molecule has 1 heterocycles.